The molecule has 0 saturated carbocycles. The summed E-state index contributed by atoms with van der Waals surface area (Å²) in [6.45, 7) is 2.24. The number of benzene rings is 2. The van der Waals surface area contributed by atoms with E-state index in [0.29, 0.717) is 41.1 Å². The van der Waals surface area contributed by atoms with Crippen LogP contribution in [-0.2, 0) is 17.8 Å². The zero-order valence-corrected chi connectivity index (χ0v) is 15.7. The summed E-state index contributed by atoms with van der Waals surface area (Å²) in [5.74, 6) is 2.06. The van der Waals surface area contributed by atoms with E-state index in [1.165, 1.54) is 0 Å². The van der Waals surface area contributed by atoms with Crippen molar-refractivity contribution in [1.82, 2.24) is 14.8 Å². The van der Waals surface area contributed by atoms with Crippen LogP contribution in [0.5, 0.6) is 11.5 Å². The average molecular weight is 390 g/mol. The Hall–Kier alpha value is -3.81. The van der Waals surface area contributed by atoms with Crippen molar-refractivity contribution in [3.63, 3.8) is 0 Å². The molecule has 1 amide bonds. The summed E-state index contributed by atoms with van der Waals surface area (Å²) in [7, 11) is 0. The third-order valence-corrected chi connectivity index (χ3v) is 4.76. The van der Waals surface area contributed by atoms with E-state index < -0.39 is 0 Å². The van der Waals surface area contributed by atoms with Gasteiger partial charge in [0.2, 0.25) is 18.6 Å². The highest BCUT2D eigenvalue weighted by Crippen LogP contribution is 2.34. The maximum atomic E-state index is 12.8. The van der Waals surface area contributed by atoms with E-state index in [-0.39, 0.29) is 19.2 Å². The highest BCUT2D eigenvalue weighted by molar-refractivity contribution is 5.94. The van der Waals surface area contributed by atoms with Crippen molar-refractivity contribution < 1.29 is 18.7 Å². The summed E-state index contributed by atoms with van der Waals surface area (Å²) >= 11 is 0. The second kappa shape index (κ2) is 6.97. The fraction of sp³-hybridized carbons (Fsp3) is 0.190. The highest BCUT2D eigenvalue weighted by Gasteiger charge is 2.19. The zero-order chi connectivity index (χ0) is 19.8. The van der Waals surface area contributed by atoms with Crippen LogP contribution in [0.2, 0.25) is 0 Å². The van der Waals surface area contributed by atoms with Gasteiger partial charge in [-0.25, -0.2) is 0 Å². The first-order valence-electron chi connectivity index (χ1n) is 9.32. The third-order valence-electron chi connectivity index (χ3n) is 4.76. The van der Waals surface area contributed by atoms with Gasteiger partial charge in [-0.3, -0.25) is 4.79 Å². The number of amides is 1. The smallest absolute Gasteiger partial charge is 0.264 e. The van der Waals surface area contributed by atoms with Gasteiger partial charge >= 0.3 is 0 Å². The van der Waals surface area contributed by atoms with E-state index in [9.17, 15) is 4.79 Å². The minimum absolute atomic E-state index is 0.0983. The fourth-order valence-electron chi connectivity index (χ4n) is 3.38. The van der Waals surface area contributed by atoms with Crippen LogP contribution in [0.1, 0.15) is 12.8 Å². The molecule has 0 radical (unpaired) electrons. The molecule has 1 N–H and O–H groups in total. The summed E-state index contributed by atoms with van der Waals surface area (Å²) < 4.78 is 18.3. The van der Waals surface area contributed by atoms with E-state index in [1.807, 2.05) is 41.8 Å². The van der Waals surface area contributed by atoms with Crippen LogP contribution in [-0.4, -0.2) is 27.5 Å². The number of anilines is 1. The van der Waals surface area contributed by atoms with Gasteiger partial charge in [-0.2, -0.15) is 0 Å². The molecule has 2 aromatic carbocycles. The molecule has 3 heterocycles. The molecule has 4 aromatic rings. The lowest BCUT2D eigenvalue weighted by Gasteiger charge is -2.10. The lowest BCUT2D eigenvalue weighted by Crippen LogP contribution is -2.19. The Morgan fingerprint density at radius 1 is 1.10 bits per heavy atom. The lowest BCUT2D eigenvalue weighted by atomic mass is 10.2. The number of hydrogen-bond acceptors (Lipinski definition) is 6. The first kappa shape index (κ1) is 17.3. The molecule has 1 aliphatic rings. The molecule has 0 atom stereocenters. The van der Waals surface area contributed by atoms with Crippen molar-refractivity contribution in [3.8, 4) is 23.1 Å². The van der Waals surface area contributed by atoms with Gasteiger partial charge in [0.15, 0.2) is 11.5 Å². The van der Waals surface area contributed by atoms with Crippen molar-refractivity contribution in [3.05, 3.63) is 54.4 Å². The first-order chi connectivity index (χ1) is 14.2. The molecule has 0 fully saturated rings. The van der Waals surface area contributed by atoms with Crippen molar-refractivity contribution in [1.29, 1.82) is 0 Å². The summed E-state index contributed by atoms with van der Waals surface area (Å²) in [6.07, 6.45) is 0.651. The number of para-hydroxylation sites is 1. The van der Waals surface area contributed by atoms with Gasteiger partial charge in [-0.15, -0.1) is 10.2 Å². The second-order valence-electron chi connectivity index (χ2n) is 6.65. The Morgan fingerprint density at radius 2 is 1.97 bits per heavy atom. The normalized spacial score (nSPS) is 12.4. The van der Waals surface area contributed by atoms with Crippen LogP contribution in [0, 0.1) is 0 Å². The summed E-state index contributed by atoms with van der Waals surface area (Å²) in [4.78, 5) is 12.8. The van der Waals surface area contributed by atoms with E-state index in [0.717, 1.165) is 10.9 Å². The standard InChI is InChI=1S/C21H18N4O4/c1-2-20-23-24-21(29-20)16-9-13-5-3-4-6-15(13)25(16)11-19(26)22-14-7-8-17-18(10-14)28-12-27-17/h3-10H,2,11-12H2,1H3,(H,22,26). The van der Waals surface area contributed by atoms with Crippen molar-refractivity contribution >= 4 is 22.5 Å². The Labute approximate surface area is 166 Å². The van der Waals surface area contributed by atoms with Gasteiger partial charge in [-0.05, 0) is 24.3 Å². The minimum atomic E-state index is -0.179. The average Bonchev–Trinajstić information content (AvgIpc) is 3.46. The molecule has 0 bridgehead atoms. The number of hydrogen-bond donors (Lipinski definition) is 1. The molecular formula is C21H18N4O4. The molecule has 29 heavy (non-hydrogen) atoms. The number of carbonyl (C=O) groups is 1. The van der Waals surface area contributed by atoms with Gasteiger partial charge in [0.1, 0.15) is 12.2 Å². The Balaban J connectivity index is 1.46. The number of rotatable bonds is 5. The molecule has 5 rings (SSSR count). The highest BCUT2D eigenvalue weighted by atomic mass is 16.7. The maximum Gasteiger partial charge on any atom is 0.264 e. The number of nitrogens with zero attached hydrogens (tertiary/aromatic N) is 3. The Bertz CT molecular complexity index is 1210. The molecule has 0 aliphatic carbocycles. The van der Waals surface area contributed by atoms with Gasteiger partial charge in [0.25, 0.3) is 5.89 Å². The summed E-state index contributed by atoms with van der Waals surface area (Å²) in [5.41, 5.74) is 2.27. The molecule has 0 spiro atoms. The fourth-order valence-corrected chi connectivity index (χ4v) is 3.38. The predicted molar refractivity (Wildman–Crippen MR) is 106 cm³/mol. The second-order valence-corrected chi connectivity index (χ2v) is 6.65. The van der Waals surface area contributed by atoms with Crippen LogP contribution in [0.4, 0.5) is 5.69 Å². The van der Waals surface area contributed by atoms with E-state index in [1.54, 1.807) is 18.2 Å². The van der Waals surface area contributed by atoms with Gasteiger partial charge in [0.05, 0.1) is 0 Å². The first-order valence-corrected chi connectivity index (χ1v) is 9.32. The molecule has 1 aliphatic heterocycles. The van der Waals surface area contributed by atoms with Gasteiger partial charge in [-0.1, -0.05) is 25.1 Å². The summed E-state index contributed by atoms with van der Waals surface area (Å²) in [5, 5.41) is 12.1. The van der Waals surface area contributed by atoms with Gasteiger partial charge < -0.3 is 23.8 Å². The largest absolute Gasteiger partial charge is 0.454 e. The summed E-state index contributed by atoms with van der Waals surface area (Å²) in [6, 6.07) is 15.1. The zero-order valence-electron chi connectivity index (χ0n) is 15.7. The quantitative estimate of drug-likeness (QED) is 0.560. The minimum Gasteiger partial charge on any atom is -0.454 e. The van der Waals surface area contributed by atoms with Crippen LogP contribution in [0.3, 0.4) is 0 Å². The molecular weight excluding hydrogens is 372 g/mol. The monoisotopic (exact) mass is 390 g/mol. The predicted octanol–water partition coefficient (Wildman–Crippen LogP) is 3.62. The number of ether oxygens (including phenoxy) is 2. The van der Waals surface area contributed by atoms with Gasteiger partial charge in [0, 0.05) is 29.1 Å². The van der Waals surface area contributed by atoms with E-state index >= 15 is 0 Å². The van der Waals surface area contributed by atoms with E-state index in [2.05, 4.69) is 15.5 Å². The molecule has 2 aromatic heterocycles. The number of nitrogens with one attached hydrogen (secondary N) is 1. The molecule has 8 nitrogen and oxygen atoms in total. The van der Waals surface area contributed by atoms with Crippen LogP contribution in [0.15, 0.2) is 52.9 Å². The van der Waals surface area contributed by atoms with Crippen molar-refractivity contribution in [2.75, 3.05) is 12.1 Å². The van der Waals surface area contributed by atoms with Crippen LogP contribution >= 0.6 is 0 Å². The topological polar surface area (TPSA) is 91.4 Å². The Morgan fingerprint density at radius 3 is 2.83 bits per heavy atom. The molecule has 0 unspecified atom stereocenters. The maximum absolute atomic E-state index is 12.8. The third kappa shape index (κ3) is 3.18. The number of aromatic nitrogens is 3. The SMILES string of the molecule is CCc1nnc(-c2cc3ccccc3n2CC(=O)Nc2ccc3c(c2)OCO3)o1. The van der Waals surface area contributed by atoms with E-state index in [4.69, 9.17) is 13.9 Å². The number of aryl methyl sites for hydroxylation is 1. The molecule has 0 saturated heterocycles. The van der Waals surface area contributed by atoms with Crippen LogP contribution < -0.4 is 14.8 Å². The van der Waals surface area contributed by atoms with Crippen LogP contribution in [0.25, 0.3) is 22.5 Å². The lowest BCUT2D eigenvalue weighted by molar-refractivity contribution is -0.116. The van der Waals surface area contributed by atoms with Crippen molar-refractivity contribution in [2.24, 2.45) is 0 Å². The van der Waals surface area contributed by atoms with Crippen molar-refractivity contribution in [2.45, 2.75) is 19.9 Å². The Kier molecular flexibility index (Phi) is 4.16. The molecule has 8 heteroatoms. The number of fused-ring (bicyclic) bond motifs is 2. The molecule has 146 valence electrons. The number of carbonyl (C=O) groups excluding carboxylic acids is 1.